The molecule has 0 spiro atoms. The average molecular weight is 213 g/mol. The number of amides is 1. The lowest BCUT2D eigenvalue weighted by Gasteiger charge is -2.05. The molecule has 1 amide bonds. The first-order valence-electron chi connectivity index (χ1n) is 4.82. The van der Waals surface area contributed by atoms with Crippen molar-refractivity contribution < 1.29 is 14.4 Å². The topological polar surface area (TPSA) is 88.2 Å². The van der Waals surface area contributed by atoms with E-state index in [0.717, 1.165) is 0 Å². The molecule has 0 saturated heterocycles. The summed E-state index contributed by atoms with van der Waals surface area (Å²) in [6, 6.07) is 0. The average Bonchev–Trinajstić information content (AvgIpc) is 2.58. The van der Waals surface area contributed by atoms with Crippen LogP contribution in [0.1, 0.15) is 25.1 Å². The van der Waals surface area contributed by atoms with Gasteiger partial charge in [0.05, 0.1) is 6.10 Å². The van der Waals surface area contributed by atoms with E-state index in [0.29, 0.717) is 18.1 Å². The first kappa shape index (κ1) is 11.6. The number of aliphatic hydroxyl groups is 1. The number of carbonyl (C=O) groups excluding carboxylic acids is 1. The number of rotatable bonds is 5. The number of aliphatic hydroxyl groups excluding tert-OH is 1. The summed E-state index contributed by atoms with van der Waals surface area (Å²) in [5, 5.41) is 15.1. The monoisotopic (exact) mass is 213 g/mol. The van der Waals surface area contributed by atoms with Gasteiger partial charge in [-0.2, -0.15) is 4.98 Å². The van der Waals surface area contributed by atoms with Gasteiger partial charge in [-0.25, -0.2) is 0 Å². The highest BCUT2D eigenvalue weighted by Crippen LogP contribution is 1.99. The quantitative estimate of drug-likeness (QED) is 0.707. The number of nitrogens with one attached hydrogen (secondary N) is 1. The predicted octanol–water partition coefficient (Wildman–Crippen LogP) is -0.192. The fourth-order valence-corrected chi connectivity index (χ4v) is 1.01. The minimum atomic E-state index is -0.528. The minimum Gasteiger partial charge on any atom is -0.392 e. The van der Waals surface area contributed by atoms with E-state index < -0.39 is 6.10 Å². The van der Waals surface area contributed by atoms with Crippen LogP contribution >= 0.6 is 0 Å². The molecule has 84 valence electrons. The minimum absolute atomic E-state index is 0.133. The van der Waals surface area contributed by atoms with E-state index in [1.54, 1.807) is 13.8 Å². The van der Waals surface area contributed by atoms with Gasteiger partial charge in [-0.15, -0.1) is 0 Å². The second kappa shape index (κ2) is 5.45. The first-order chi connectivity index (χ1) is 7.08. The molecule has 0 radical (unpaired) electrons. The van der Waals surface area contributed by atoms with Crippen molar-refractivity contribution in [2.24, 2.45) is 0 Å². The van der Waals surface area contributed by atoms with E-state index in [-0.39, 0.29) is 18.9 Å². The Morgan fingerprint density at radius 3 is 2.93 bits per heavy atom. The van der Waals surface area contributed by atoms with E-state index in [2.05, 4.69) is 15.5 Å². The predicted molar refractivity (Wildman–Crippen MR) is 52.0 cm³/mol. The number of hydrogen-bond acceptors (Lipinski definition) is 5. The van der Waals surface area contributed by atoms with E-state index in [4.69, 9.17) is 9.63 Å². The van der Waals surface area contributed by atoms with E-state index in [9.17, 15) is 4.79 Å². The Morgan fingerprint density at radius 1 is 1.67 bits per heavy atom. The molecule has 0 aliphatic carbocycles. The van der Waals surface area contributed by atoms with Gasteiger partial charge in [0.2, 0.25) is 11.8 Å². The number of carbonyl (C=O) groups is 1. The molecule has 1 aromatic rings. The van der Waals surface area contributed by atoms with Crippen LogP contribution < -0.4 is 5.32 Å². The summed E-state index contributed by atoms with van der Waals surface area (Å²) in [6.07, 6.45) is 0.181. The van der Waals surface area contributed by atoms with Crippen molar-refractivity contribution in [3.8, 4) is 0 Å². The number of hydrogen-bond donors (Lipinski definition) is 2. The number of aromatic nitrogens is 2. The molecule has 0 unspecified atom stereocenters. The lowest BCUT2D eigenvalue weighted by Crippen LogP contribution is -2.30. The second-order valence-electron chi connectivity index (χ2n) is 3.39. The molecule has 0 aliphatic rings. The zero-order valence-corrected chi connectivity index (χ0v) is 8.86. The van der Waals surface area contributed by atoms with Crippen molar-refractivity contribution in [2.45, 2.75) is 32.8 Å². The van der Waals surface area contributed by atoms with Crippen LogP contribution in [0.15, 0.2) is 4.52 Å². The van der Waals surface area contributed by atoms with Crippen molar-refractivity contribution in [1.82, 2.24) is 15.5 Å². The largest absolute Gasteiger partial charge is 0.392 e. The summed E-state index contributed by atoms with van der Waals surface area (Å²) < 4.78 is 4.85. The maximum absolute atomic E-state index is 11.2. The normalized spacial score (nSPS) is 12.5. The first-order valence-corrected chi connectivity index (χ1v) is 4.82. The molecule has 0 bridgehead atoms. The molecule has 1 aromatic heterocycles. The Kier molecular flexibility index (Phi) is 4.23. The lowest BCUT2D eigenvalue weighted by atomic mass is 10.3. The molecule has 0 fully saturated rings. The van der Waals surface area contributed by atoms with E-state index in [1.165, 1.54) is 0 Å². The summed E-state index contributed by atoms with van der Waals surface area (Å²) in [5.41, 5.74) is 0. The Balaban J connectivity index is 2.22. The van der Waals surface area contributed by atoms with Gasteiger partial charge in [-0.05, 0) is 13.8 Å². The van der Waals surface area contributed by atoms with Gasteiger partial charge in [-0.3, -0.25) is 4.79 Å². The van der Waals surface area contributed by atoms with Crippen LogP contribution in [0.2, 0.25) is 0 Å². The van der Waals surface area contributed by atoms with Crippen LogP contribution in [0.25, 0.3) is 0 Å². The van der Waals surface area contributed by atoms with Gasteiger partial charge < -0.3 is 14.9 Å². The molecule has 0 aromatic carbocycles. The molecule has 6 nitrogen and oxygen atoms in total. The Labute approximate surface area is 87.7 Å². The summed E-state index contributed by atoms with van der Waals surface area (Å²) in [5.74, 6) is 0.890. The van der Waals surface area contributed by atoms with Gasteiger partial charge in [0.25, 0.3) is 0 Å². The van der Waals surface area contributed by atoms with Crippen LogP contribution in [0.5, 0.6) is 0 Å². The zero-order valence-electron chi connectivity index (χ0n) is 8.86. The third kappa shape index (κ3) is 4.55. The third-order valence-corrected chi connectivity index (χ3v) is 1.73. The SMILES string of the molecule is Cc1noc(CCC(=O)NC[C@H](C)O)n1. The van der Waals surface area contributed by atoms with Crippen molar-refractivity contribution >= 4 is 5.91 Å². The maximum atomic E-state index is 11.2. The Bertz CT molecular complexity index is 322. The maximum Gasteiger partial charge on any atom is 0.227 e. The van der Waals surface area contributed by atoms with Gasteiger partial charge >= 0.3 is 0 Å². The fourth-order valence-electron chi connectivity index (χ4n) is 1.01. The molecule has 6 heteroatoms. The molecule has 2 N–H and O–H groups in total. The molecule has 1 atom stereocenters. The highest BCUT2D eigenvalue weighted by atomic mass is 16.5. The van der Waals surface area contributed by atoms with Crippen LogP contribution in [-0.4, -0.2) is 33.8 Å². The van der Waals surface area contributed by atoms with Gasteiger partial charge in [0.1, 0.15) is 0 Å². The van der Waals surface area contributed by atoms with Crippen LogP contribution in [0, 0.1) is 6.92 Å². The third-order valence-electron chi connectivity index (χ3n) is 1.73. The van der Waals surface area contributed by atoms with Crippen molar-refractivity contribution in [2.75, 3.05) is 6.54 Å². The van der Waals surface area contributed by atoms with Crippen LogP contribution in [-0.2, 0) is 11.2 Å². The molecule has 15 heavy (non-hydrogen) atoms. The van der Waals surface area contributed by atoms with Crippen molar-refractivity contribution in [3.05, 3.63) is 11.7 Å². The van der Waals surface area contributed by atoms with Crippen LogP contribution in [0.4, 0.5) is 0 Å². The fraction of sp³-hybridized carbons (Fsp3) is 0.667. The number of aryl methyl sites for hydroxylation is 2. The standard InChI is InChI=1S/C9H15N3O3/c1-6(13)5-10-8(14)3-4-9-11-7(2)12-15-9/h6,13H,3-5H2,1-2H3,(H,10,14)/t6-/m0/s1. The zero-order chi connectivity index (χ0) is 11.3. The molecular weight excluding hydrogens is 198 g/mol. The lowest BCUT2D eigenvalue weighted by molar-refractivity contribution is -0.121. The van der Waals surface area contributed by atoms with Crippen molar-refractivity contribution in [1.29, 1.82) is 0 Å². The molecule has 1 rings (SSSR count). The molecule has 0 saturated carbocycles. The second-order valence-corrected chi connectivity index (χ2v) is 3.39. The highest BCUT2D eigenvalue weighted by Gasteiger charge is 2.07. The molecular formula is C9H15N3O3. The summed E-state index contributed by atoms with van der Waals surface area (Å²) in [7, 11) is 0. The summed E-state index contributed by atoms with van der Waals surface area (Å²) >= 11 is 0. The molecule has 0 aliphatic heterocycles. The highest BCUT2D eigenvalue weighted by molar-refractivity contribution is 5.75. The Morgan fingerprint density at radius 2 is 2.40 bits per heavy atom. The smallest absolute Gasteiger partial charge is 0.227 e. The van der Waals surface area contributed by atoms with E-state index in [1.807, 2.05) is 0 Å². The van der Waals surface area contributed by atoms with Crippen molar-refractivity contribution in [3.63, 3.8) is 0 Å². The summed E-state index contributed by atoms with van der Waals surface area (Å²) in [6.45, 7) is 3.60. The van der Waals surface area contributed by atoms with E-state index >= 15 is 0 Å². The van der Waals surface area contributed by atoms with Gasteiger partial charge in [0.15, 0.2) is 5.82 Å². The van der Waals surface area contributed by atoms with Crippen LogP contribution in [0.3, 0.4) is 0 Å². The Hall–Kier alpha value is -1.43. The summed E-state index contributed by atoms with van der Waals surface area (Å²) in [4.78, 5) is 15.2. The molecule has 1 heterocycles. The number of nitrogens with zero attached hydrogens (tertiary/aromatic N) is 2. The van der Waals surface area contributed by atoms with Gasteiger partial charge in [0, 0.05) is 19.4 Å². The van der Waals surface area contributed by atoms with Gasteiger partial charge in [-0.1, -0.05) is 5.16 Å².